The van der Waals surface area contributed by atoms with Crippen LogP contribution in [0.25, 0.3) is 11.1 Å². The Hall–Kier alpha value is -3.17. The number of anilines is 1. The Morgan fingerprint density at radius 1 is 1.25 bits per heavy atom. The highest BCUT2D eigenvalue weighted by atomic mass is 19.4. The predicted octanol–water partition coefficient (Wildman–Crippen LogP) is 4.27. The first kappa shape index (κ1) is 20.7. The van der Waals surface area contributed by atoms with Gasteiger partial charge in [-0.1, -0.05) is 0 Å². The fraction of sp³-hybridized carbons (Fsp3) is 0.409. The Kier molecular flexibility index (Phi) is 5.02. The number of hydrogen-bond donors (Lipinski definition) is 1. The molecule has 1 saturated heterocycles. The number of amides is 1. The van der Waals surface area contributed by atoms with Gasteiger partial charge in [-0.2, -0.15) is 13.2 Å². The number of nitrogens with zero attached hydrogens (tertiary/aromatic N) is 3. The summed E-state index contributed by atoms with van der Waals surface area (Å²) in [6, 6.07) is 5.13. The molecule has 3 heterocycles. The zero-order valence-electron chi connectivity index (χ0n) is 16.9. The van der Waals surface area contributed by atoms with Crippen molar-refractivity contribution >= 4 is 22.7 Å². The highest BCUT2D eigenvalue weighted by molar-refractivity contribution is 5.77. The average Bonchev–Trinajstić information content (AvgIpc) is 3.15. The predicted molar refractivity (Wildman–Crippen MR) is 107 cm³/mol. The van der Waals surface area contributed by atoms with Crippen LogP contribution < -0.4 is 10.2 Å². The minimum Gasteiger partial charge on any atom is -0.440 e. The Balaban J connectivity index is 1.14. The zero-order valence-corrected chi connectivity index (χ0v) is 16.9. The molecule has 3 atom stereocenters. The molecule has 1 amide bonds. The molecule has 1 aliphatic carbocycles. The summed E-state index contributed by atoms with van der Waals surface area (Å²) >= 11 is 0. The Morgan fingerprint density at radius 2 is 2.09 bits per heavy atom. The lowest BCUT2D eigenvalue weighted by Gasteiger charge is -2.20. The normalized spacial score (nSPS) is 23.0. The number of fused-ring (bicyclic) bond motifs is 1. The maximum absolute atomic E-state index is 13.3. The van der Waals surface area contributed by atoms with Crippen LogP contribution in [0.2, 0.25) is 0 Å². The average molecular weight is 448 g/mol. The lowest BCUT2D eigenvalue weighted by atomic mass is 10.2. The van der Waals surface area contributed by atoms with Crippen molar-refractivity contribution in [3.8, 4) is 0 Å². The molecule has 3 aromatic rings. The zero-order chi connectivity index (χ0) is 22.5. The van der Waals surface area contributed by atoms with Crippen molar-refractivity contribution in [3.63, 3.8) is 0 Å². The van der Waals surface area contributed by atoms with Gasteiger partial charge < -0.3 is 14.6 Å². The van der Waals surface area contributed by atoms with Crippen LogP contribution >= 0.6 is 0 Å². The minimum absolute atomic E-state index is 0.0347. The van der Waals surface area contributed by atoms with Gasteiger partial charge in [0.1, 0.15) is 11.3 Å². The van der Waals surface area contributed by atoms with E-state index in [1.165, 1.54) is 18.3 Å². The third-order valence-corrected chi connectivity index (χ3v) is 6.02. The fourth-order valence-electron chi connectivity index (χ4n) is 4.24. The molecule has 0 bridgehead atoms. The van der Waals surface area contributed by atoms with Crippen molar-refractivity contribution in [2.24, 2.45) is 5.92 Å². The molecule has 0 unspecified atom stereocenters. The van der Waals surface area contributed by atoms with Gasteiger partial charge in [-0.25, -0.2) is 9.37 Å². The van der Waals surface area contributed by atoms with Gasteiger partial charge in [-0.15, -0.1) is 0 Å². The Labute approximate surface area is 180 Å². The van der Waals surface area contributed by atoms with Gasteiger partial charge >= 0.3 is 6.18 Å². The lowest BCUT2D eigenvalue weighted by Crippen LogP contribution is -2.37. The quantitative estimate of drug-likeness (QED) is 0.591. The molecule has 0 spiro atoms. The van der Waals surface area contributed by atoms with E-state index in [-0.39, 0.29) is 23.8 Å². The van der Waals surface area contributed by atoms with E-state index in [2.05, 4.69) is 15.3 Å². The topological polar surface area (TPSA) is 71.3 Å². The van der Waals surface area contributed by atoms with Crippen molar-refractivity contribution in [1.82, 2.24) is 15.3 Å². The molecule has 0 radical (unpaired) electrons. The molecule has 32 heavy (non-hydrogen) atoms. The van der Waals surface area contributed by atoms with Crippen molar-refractivity contribution in [1.29, 1.82) is 0 Å². The molecule has 1 N–H and O–H groups in total. The third-order valence-electron chi connectivity index (χ3n) is 6.02. The molecule has 2 fully saturated rings. The van der Waals surface area contributed by atoms with Crippen molar-refractivity contribution in [2.75, 3.05) is 18.0 Å². The number of benzene rings is 1. The first-order valence-corrected chi connectivity index (χ1v) is 10.4. The van der Waals surface area contributed by atoms with E-state index in [0.717, 1.165) is 18.7 Å². The second-order valence-corrected chi connectivity index (χ2v) is 8.40. The standard InChI is InChI=1S/C22H20F4N4O2/c23-14-1-2-18-19(8-14)32-21(29-18)17-5-12(17)6-20(31)28-15-3-4-30(11-15)16-7-13(9-27-10-16)22(24,25)26/h1-2,7-10,12,15,17H,3-6,11H2,(H,28,31)/t12-,15+,17-/m0/s1. The number of carbonyl (C=O) groups is 1. The number of carbonyl (C=O) groups excluding carboxylic acids is 1. The van der Waals surface area contributed by atoms with Crippen LogP contribution in [-0.4, -0.2) is 35.0 Å². The van der Waals surface area contributed by atoms with Crippen molar-refractivity contribution in [2.45, 2.75) is 37.4 Å². The number of nitrogens with one attached hydrogen (secondary N) is 1. The van der Waals surface area contributed by atoms with Gasteiger partial charge in [0.15, 0.2) is 11.5 Å². The first-order valence-electron chi connectivity index (χ1n) is 10.4. The number of rotatable bonds is 5. The molecule has 10 heteroatoms. The van der Waals surface area contributed by atoms with E-state index in [1.807, 2.05) is 0 Å². The molecule has 168 valence electrons. The van der Waals surface area contributed by atoms with E-state index >= 15 is 0 Å². The minimum atomic E-state index is -4.44. The second kappa shape index (κ2) is 7.75. The summed E-state index contributed by atoms with van der Waals surface area (Å²) in [5.41, 5.74) is 0.590. The maximum atomic E-state index is 13.3. The monoisotopic (exact) mass is 448 g/mol. The van der Waals surface area contributed by atoms with E-state index in [1.54, 1.807) is 11.0 Å². The number of pyridine rings is 1. The molecule has 1 saturated carbocycles. The van der Waals surface area contributed by atoms with Crippen LogP contribution in [0.15, 0.2) is 41.1 Å². The number of hydrogen-bond acceptors (Lipinski definition) is 5. The van der Waals surface area contributed by atoms with E-state index in [0.29, 0.717) is 48.6 Å². The van der Waals surface area contributed by atoms with E-state index < -0.39 is 17.6 Å². The maximum Gasteiger partial charge on any atom is 0.417 e. The molecule has 2 aromatic heterocycles. The van der Waals surface area contributed by atoms with Gasteiger partial charge in [-0.05, 0) is 37.0 Å². The van der Waals surface area contributed by atoms with Gasteiger partial charge in [0, 0.05) is 43.7 Å². The molecule has 1 aromatic carbocycles. The number of halogens is 4. The summed E-state index contributed by atoms with van der Waals surface area (Å²) in [5, 5.41) is 2.98. The highest BCUT2D eigenvalue weighted by Gasteiger charge is 2.43. The molecule has 2 aliphatic rings. The highest BCUT2D eigenvalue weighted by Crippen LogP contribution is 2.49. The lowest BCUT2D eigenvalue weighted by molar-refractivity contribution is -0.137. The van der Waals surface area contributed by atoms with E-state index in [4.69, 9.17) is 4.42 Å². The Morgan fingerprint density at radius 3 is 2.91 bits per heavy atom. The molecule has 1 aliphatic heterocycles. The summed E-state index contributed by atoms with van der Waals surface area (Å²) in [6.07, 6.45) is -0.500. The summed E-state index contributed by atoms with van der Waals surface area (Å²) in [7, 11) is 0. The largest absolute Gasteiger partial charge is 0.440 e. The summed E-state index contributed by atoms with van der Waals surface area (Å²) in [5.74, 6) is 0.171. The van der Waals surface area contributed by atoms with Crippen LogP contribution in [0.3, 0.4) is 0 Å². The molecule has 6 nitrogen and oxygen atoms in total. The van der Waals surface area contributed by atoms with Gasteiger partial charge in [-0.3, -0.25) is 9.78 Å². The van der Waals surface area contributed by atoms with Gasteiger partial charge in [0.25, 0.3) is 0 Å². The van der Waals surface area contributed by atoms with Crippen LogP contribution in [0, 0.1) is 11.7 Å². The fourth-order valence-corrected chi connectivity index (χ4v) is 4.24. The summed E-state index contributed by atoms with van der Waals surface area (Å²) in [4.78, 5) is 22.4. The van der Waals surface area contributed by atoms with Crippen LogP contribution in [-0.2, 0) is 11.0 Å². The van der Waals surface area contributed by atoms with Crippen LogP contribution in [0.5, 0.6) is 0 Å². The summed E-state index contributed by atoms with van der Waals surface area (Å²) in [6.45, 7) is 0.971. The SMILES string of the molecule is O=C(C[C@@H]1C[C@@H]1c1nc2ccc(F)cc2o1)N[C@@H]1CCN(c2cncc(C(F)(F)F)c2)C1. The number of oxazole rings is 1. The smallest absolute Gasteiger partial charge is 0.417 e. The molecule has 5 rings (SSSR count). The third kappa shape index (κ3) is 4.26. The van der Waals surface area contributed by atoms with Crippen LogP contribution in [0.1, 0.15) is 36.6 Å². The second-order valence-electron chi connectivity index (χ2n) is 8.40. The summed E-state index contributed by atoms with van der Waals surface area (Å²) < 4.78 is 57.7. The number of aromatic nitrogens is 2. The van der Waals surface area contributed by atoms with Crippen molar-refractivity contribution < 1.29 is 26.8 Å². The van der Waals surface area contributed by atoms with Crippen LogP contribution in [0.4, 0.5) is 23.2 Å². The van der Waals surface area contributed by atoms with Gasteiger partial charge in [0.05, 0.1) is 17.4 Å². The molecular weight excluding hydrogens is 428 g/mol. The molecular formula is C22H20F4N4O2. The van der Waals surface area contributed by atoms with Gasteiger partial charge in [0.2, 0.25) is 5.91 Å². The van der Waals surface area contributed by atoms with Crippen molar-refractivity contribution in [3.05, 3.63) is 53.9 Å². The Bertz CT molecular complexity index is 1160. The van der Waals surface area contributed by atoms with E-state index in [9.17, 15) is 22.4 Å². The first-order chi connectivity index (χ1) is 15.3. The number of alkyl halides is 3.